The third-order valence-corrected chi connectivity index (χ3v) is 3.92. The van der Waals surface area contributed by atoms with Gasteiger partial charge in [0.2, 0.25) is 5.91 Å². The zero-order chi connectivity index (χ0) is 18.7. The van der Waals surface area contributed by atoms with Gasteiger partial charge in [-0.15, -0.1) is 0 Å². The summed E-state index contributed by atoms with van der Waals surface area (Å²) in [6.07, 6.45) is 0.276. The van der Waals surface area contributed by atoms with Crippen molar-refractivity contribution in [1.29, 1.82) is 0 Å². The van der Waals surface area contributed by atoms with Crippen LogP contribution < -0.4 is 15.5 Å². The Morgan fingerprint density at radius 3 is 2.62 bits per heavy atom. The average Bonchev–Trinajstić information content (AvgIpc) is 2.96. The van der Waals surface area contributed by atoms with E-state index in [2.05, 4.69) is 25.6 Å². The van der Waals surface area contributed by atoms with Crippen molar-refractivity contribution < 1.29 is 19.4 Å². The first-order valence-corrected chi connectivity index (χ1v) is 8.08. The molecule has 1 aliphatic heterocycles. The number of aryl methyl sites for hydroxylation is 1. The highest BCUT2D eigenvalue weighted by atomic mass is 16.5. The molecule has 1 fully saturated rings. The quantitative estimate of drug-likeness (QED) is 0.753. The lowest BCUT2D eigenvalue weighted by Crippen LogP contribution is -2.37. The van der Waals surface area contributed by atoms with Crippen molar-refractivity contribution in [3.63, 3.8) is 0 Å². The molecule has 0 aliphatic carbocycles. The fourth-order valence-corrected chi connectivity index (χ4v) is 2.80. The summed E-state index contributed by atoms with van der Waals surface area (Å²) in [7, 11) is 1.83. The summed E-state index contributed by atoms with van der Waals surface area (Å²) < 4.78 is 7.11. The van der Waals surface area contributed by atoms with Crippen LogP contribution in [0.25, 0.3) is 11.3 Å². The van der Waals surface area contributed by atoms with Gasteiger partial charge in [-0.1, -0.05) is 0 Å². The fraction of sp³-hybridized carbons (Fsp3) is 0.375. The molecule has 3 N–H and O–H groups in total. The molecule has 3 rings (SSSR count). The van der Waals surface area contributed by atoms with Gasteiger partial charge in [0.1, 0.15) is 11.6 Å². The minimum Gasteiger partial charge on any atom is -0.465 e. The molecule has 2 aromatic heterocycles. The fourth-order valence-electron chi connectivity index (χ4n) is 2.80. The van der Waals surface area contributed by atoms with E-state index < -0.39 is 6.09 Å². The predicted octanol–water partition coefficient (Wildman–Crippen LogP) is 1.37. The number of anilines is 3. The second-order valence-corrected chi connectivity index (χ2v) is 5.84. The lowest BCUT2D eigenvalue weighted by atomic mass is 10.1. The first-order chi connectivity index (χ1) is 12.4. The third kappa shape index (κ3) is 3.91. The van der Waals surface area contributed by atoms with Gasteiger partial charge in [0, 0.05) is 51.0 Å². The van der Waals surface area contributed by atoms with Crippen molar-refractivity contribution >= 4 is 29.3 Å². The molecule has 0 saturated carbocycles. The Balaban J connectivity index is 1.96. The van der Waals surface area contributed by atoms with Crippen molar-refractivity contribution in [3.05, 3.63) is 18.3 Å². The molecular formula is C16H20N6O4. The molecule has 3 heterocycles. The summed E-state index contributed by atoms with van der Waals surface area (Å²) in [6, 6.07) is 3.35. The van der Waals surface area contributed by atoms with Crippen LogP contribution in [0.2, 0.25) is 0 Å². The summed E-state index contributed by atoms with van der Waals surface area (Å²) in [5.74, 6) is 0.879. The summed E-state index contributed by atoms with van der Waals surface area (Å²) in [5, 5.41) is 18.5. The molecule has 10 heteroatoms. The molecule has 0 bridgehead atoms. The molecule has 1 aliphatic rings. The maximum Gasteiger partial charge on any atom is 0.409 e. The Kier molecular flexibility index (Phi) is 5.03. The monoisotopic (exact) mass is 360 g/mol. The van der Waals surface area contributed by atoms with Gasteiger partial charge in [-0.05, 0) is 0 Å². The van der Waals surface area contributed by atoms with E-state index in [1.165, 1.54) is 19.2 Å². The molecule has 2 aromatic rings. The summed E-state index contributed by atoms with van der Waals surface area (Å²) >= 11 is 0. The number of aromatic nitrogens is 3. The minimum atomic E-state index is -1.21. The number of pyridine rings is 1. The number of carboxylic acid groups (broad SMARTS) is 1. The van der Waals surface area contributed by atoms with E-state index >= 15 is 0 Å². The van der Waals surface area contributed by atoms with Crippen molar-refractivity contribution in [2.75, 3.05) is 41.8 Å². The summed E-state index contributed by atoms with van der Waals surface area (Å²) in [6.45, 7) is 4.18. The van der Waals surface area contributed by atoms with Crippen LogP contribution in [-0.2, 0) is 16.6 Å². The van der Waals surface area contributed by atoms with Gasteiger partial charge in [-0.25, -0.2) is 9.78 Å². The molecule has 0 radical (unpaired) electrons. The molecule has 2 amide bonds. The largest absolute Gasteiger partial charge is 0.465 e. The van der Waals surface area contributed by atoms with E-state index in [0.29, 0.717) is 30.2 Å². The van der Waals surface area contributed by atoms with E-state index in [4.69, 9.17) is 9.84 Å². The zero-order valence-electron chi connectivity index (χ0n) is 14.5. The van der Waals surface area contributed by atoms with Crippen LogP contribution in [0.4, 0.5) is 22.1 Å². The highest BCUT2D eigenvalue weighted by molar-refractivity contribution is 5.93. The number of nitrogens with one attached hydrogen (secondary N) is 2. The van der Waals surface area contributed by atoms with E-state index in [-0.39, 0.29) is 11.7 Å². The van der Waals surface area contributed by atoms with Crippen LogP contribution in [-0.4, -0.2) is 58.2 Å². The van der Waals surface area contributed by atoms with Gasteiger partial charge >= 0.3 is 6.09 Å². The van der Waals surface area contributed by atoms with E-state index in [0.717, 1.165) is 18.9 Å². The Hall–Kier alpha value is -3.14. The summed E-state index contributed by atoms with van der Waals surface area (Å²) in [5.41, 5.74) is 1.40. The van der Waals surface area contributed by atoms with E-state index in [1.807, 2.05) is 13.1 Å². The molecule has 1 saturated heterocycles. The van der Waals surface area contributed by atoms with Crippen molar-refractivity contribution in [3.8, 4) is 11.3 Å². The van der Waals surface area contributed by atoms with Crippen molar-refractivity contribution in [1.82, 2.24) is 14.8 Å². The first-order valence-electron chi connectivity index (χ1n) is 8.08. The number of carbonyl (C=O) groups excluding carboxylic acids is 1. The molecule has 138 valence electrons. The number of amides is 2. The van der Waals surface area contributed by atoms with Gasteiger partial charge in [-0.3, -0.25) is 14.8 Å². The van der Waals surface area contributed by atoms with E-state index in [9.17, 15) is 9.59 Å². The van der Waals surface area contributed by atoms with Crippen LogP contribution in [0.5, 0.6) is 0 Å². The Morgan fingerprint density at radius 2 is 1.96 bits per heavy atom. The standard InChI is InChI=1S/C16H20N6O4/c1-10(23)18-14-7-12(19-16(24)25)11(9-17-14)13-8-15(21(2)20-13)22-3-5-26-6-4-22/h7-9H,3-6H2,1-2H3,(H,24,25)(H2,17,18,19,23). The van der Waals surface area contributed by atoms with Crippen LogP contribution in [0.1, 0.15) is 6.92 Å². The van der Waals surface area contributed by atoms with Crippen LogP contribution in [0, 0.1) is 0 Å². The normalized spacial score (nSPS) is 14.2. The Labute approximate surface area is 149 Å². The number of rotatable bonds is 4. The number of hydrogen-bond donors (Lipinski definition) is 3. The second-order valence-electron chi connectivity index (χ2n) is 5.84. The molecule has 0 unspecified atom stereocenters. The first kappa shape index (κ1) is 17.7. The molecular weight excluding hydrogens is 340 g/mol. The topological polar surface area (TPSA) is 122 Å². The molecule has 10 nitrogen and oxygen atoms in total. The summed E-state index contributed by atoms with van der Waals surface area (Å²) in [4.78, 5) is 28.7. The Bertz CT molecular complexity index is 828. The number of carbonyl (C=O) groups is 2. The van der Waals surface area contributed by atoms with E-state index in [1.54, 1.807) is 4.68 Å². The minimum absolute atomic E-state index is 0.259. The SMILES string of the molecule is CC(=O)Nc1cc(NC(=O)O)c(-c2cc(N3CCOCC3)n(C)n2)cn1. The smallest absolute Gasteiger partial charge is 0.409 e. The van der Waals surface area contributed by atoms with Crippen LogP contribution in [0.3, 0.4) is 0 Å². The average molecular weight is 360 g/mol. The van der Waals surface area contributed by atoms with Crippen LogP contribution in [0.15, 0.2) is 18.3 Å². The molecule has 0 aromatic carbocycles. The third-order valence-electron chi connectivity index (χ3n) is 3.92. The number of hydrogen-bond acceptors (Lipinski definition) is 6. The highest BCUT2D eigenvalue weighted by Crippen LogP contribution is 2.31. The molecule has 0 atom stereocenters. The maximum absolute atomic E-state index is 11.2. The van der Waals surface area contributed by atoms with Crippen LogP contribution >= 0.6 is 0 Å². The lowest BCUT2D eigenvalue weighted by Gasteiger charge is -2.28. The number of morpholine rings is 1. The predicted molar refractivity (Wildman–Crippen MR) is 95.4 cm³/mol. The maximum atomic E-state index is 11.2. The molecule has 0 spiro atoms. The lowest BCUT2D eigenvalue weighted by molar-refractivity contribution is -0.114. The van der Waals surface area contributed by atoms with Gasteiger partial charge < -0.3 is 20.1 Å². The van der Waals surface area contributed by atoms with Crippen molar-refractivity contribution in [2.45, 2.75) is 6.92 Å². The Morgan fingerprint density at radius 1 is 1.23 bits per heavy atom. The number of ether oxygens (including phenoxy) is 1. The second kappa shape index (κ2) is 7.40. The molecule has 26 heavy (non-hydrogen) atoms. The highest BCUT2D eigenvalue weighted by Gasteiger charge is 2.19. The van der Waals surface area contributed by atoms with Gasteiger partial charge in [0.05, 0.1) is 24.6 Å². The number of nitrogens with zero attached hydrogens (tertiary/aromatic N) is 4. The zero-order valence-corrected chi connectivity index (χ0v) is 14.5. The van der Waals surface area contributed by atoms with Crippen molar-refractivity contribution in [2.24, 2.45) is 7.05 Å². The van der Waals surface area contributed by atoms with Gasteiger partial charge in [0.15, 0.2) is 0 Å². The van der Waals surface area contributed by atoms with Gasteiger partial charge in [-0.2, -0.15) is 5.10 Å². The van der Waals surface area contributed by atoms with Gasteiger partial charge in [0.25, 0.3) is 0 Å².